The molecule has 1 aliphatic heterocycles. The van der Waals surface area contributed by atoms with Gasteiger partial charge in [0.25, 0.3) is 0 Å². The zero-order chi connectivity index (χ0) is 20.9. The van der Waals surface area contributed by atoms with Crippen molar-refractivity contribution in [2.75, 3.05) is 6.61 Å². The highest BCUT2D eigenvalue weighted by Gasteiger charge is 2.80. The van der Waals surface area contributed by atoms with Crippen molar-refractivity contribution in [3.8, 4) is 0 Å². The molecule has 162 valence electrons. The Morgan fingerprint density at radius 2 is 1.93 bits per heavy atom. The predicted octanol–water partition coefficient (Wildman–Crippen LogP) is 1.03. The molecule has 0 radical (unpaired) electrons. The summed E-state index contributed by atoms with van der Waals surface area (Å²) in [6.07, 6.45) is -0.640. The molecule has 1 saturated heterocycles. The van der Waals surface area contributed by atoms with Gasteiger partial charge in [-0.25, -0.2) is 0 Å². The first-order valence-electron chi connectivity index (χ1n) is 11.0. The fourth-order valence-corrected chi connectivity index (χ4v) is 8.57. The van der Waals surface area contributed by atoms with Gasteiger partial charge >= 0.3 is 5.97 Å². The second kappa shape index (κ2) is 6.02. The van der Waals surface area contributed by atoms with E-state index in [2.05, 4.69) is 6.92 Å². The summed E-state index contributed by atoms with van der Waals surface area (Å²) in [7, 11) is 0. The van der Waals surface area contributed by atoms with E-state index < -0.39 is 53.2 Å². The maximum Gasteiger partial charge on any atom is 0.302 e. The van der Waals surface area contributed by atoms with Crippen LogP contribution >= 0.6 is 0 Å². The summed E-state index contributed by atoms with van der Waals surface area (Å²) in [6.45, 7) is 5.68. The minimum Gasteiger partial charge on any atom is -0.462 e. The summed E-state index contributed by atoms with van der Waals surface area (Å²) in [6, 6.07) is 0. The zero-order valence-electron chi connectivity index (χ0n) is 17.3. The van der Waals surface area contributed by atoms with Crippen LogP contribution in [0.2, 0.25) is 0 Å². The Morgan fingerprint density at radius 1 is 1.21 bits per heavy atom. The molecule has 5 rings (SSSR count). The normalized spacial score (nSPS) is 58.3. The standard InChI is InChI=1S/C22H32O7/c1-10-12-7-13(29-11(2)23)16-21-6-4-5-20(3,9-28-19(21)27)14(21)8-15(24)22(16,17(10)25)18(12)26/h10,12-16,18-19,24,26-27H,4-9H2,1-3H3/t10-,12+,13+,14-,15?,16+,18-,19?,20+,21+,22?/m1/s1. The van der Waals surface area contributed by atoms with E-state index in [0.717, 1.165) is 12.8 Å². The number of hydrogen-bond acceptors (Lipinski definition) is 7. The number of hydrogen-bond donors (Lipinski definition) is 3. The first kappa shape index (κ1) is 19.9. The molecule has 29 heavy (non-hydrogen) atoms. The Morgan fingerprint density at radius 3 is 2.62 bits per heavy atom. The summed E-state index contributed by atoms with van der Waals surface area (Å²) in [5.41, 5.74) is -2.47. The molecule has 1 spiro atoms. The predicted molar refractivity (Wildman–Crippen MR) is 100 cm³/mol. The van der Waals surface area contributed by atoms with Crippen molar-refractivity contribution in [1.82, 2.24) is 0 Å². The topological polar surface area (TPSA) is 113 Å². The number of carbonyl (C=O) groups excluding carboxylic acids is 2. The highest BCUT2D eigenvalue weighted by molar-refractivity contribution is 5.92. The fraction of sp³-hybridized carbons (Fsp3) is 0.909. The van der Waals surface area contributed by atoms with Crippen LogP contribution in [0.1, 0.15) is 52.9 Å². The lowest BCUT2D eigenvalue weighted by atomic mass is 9.37. The zero-order valence-corrected chi connectivity index (χ0v) is 17.3. The number of aliphatic hydroxyl groups is 3. The van der Waals surface area contributed by atoms with Crippen LogP contribution < -0.4 is 0 Å². The molecule has 1 heterocycles. The molecule has 0 aromatic carbocycles. The van der Waals surface area contributed by atoms with Crippen LogP contribution in [0.5, 0.6) is 0 Å². The van der Waals surface area contributed by atoms with Gasteiger partial charge in [-0.05, 0) is 42.9 Å². The number of ether oxygens (including phenoxy) is 2. The van der Waals surface area contributed by atoms with Gasteiger partial charge in [0, 0.05) is 24.2 Å². The van der Waals surface area contributed by atoms with Crippen LogP contribution in [-0.4, -0.2) is 58.3 Å². The second-order valence-corrected chi connectivity index (χ2v) is 10.6. The van der Waals surface area contributed by atoms with Gasteiger partial charge in [-0.2, -0.15) is 0 Å². The third-order valence-corrected chi connectivity index (χ3v) is 9.55. The SMILES string of the molecule is CC(=O)O[C@H]1C[C@@H]2[C@@H](O)C3(C(=O)[C@@H]2C)C(O)C[C@@H]2[C@@]4(C)CCC[C@@]2(C(O)OC4)[C@H]13. The summed E-state index contributed by atoms with van der Waals surface area (Å²) in [5.74, 6) is -2.11. The van der Waals surface area contributed by atoms with Gasteiger partial charge in [0.15, 0.2) is 6.29 Å². The van der Waals surface area contributed by atoms with E-state index in [0.29, 0.717) is 25.9 Å². The van der Waals surface area contributed by atoms with Crippen LogP contribution in [0.15, 0.2) is 0 Å². The van der Waals surface area contributed by atoms with Crippen molar-refractivity contribution >= 4 is 11.8 Å². The first-order chi connectivity index (χ1) is 13.6. The molecule has 7 nitrogen and oxygen atoms in total. The van der Waals surface area contributed by atoms with Gasteiger partial charge in [-0.1, -0.05) is 20.3 Å². The van der Waals surface area contributed by atoms with Gasteiger partial charge in [0.1, 0.15) is 11.9 Å². The maximum atomic E-state index is 13.6. The van der Waals surface area contributed by atoms with E-state index in [9.17, 15) is 24.9 Å². The molecule has 5 fully saturated rings. The smallest absolute Gasteiger partial charge is 0.302 e. The molecule has 5 aliphatic rings. The molecule has 11 atom stereocenters. The highest BCUT2D eigenvalue weighted by atomic mass is 16.6. The molecule has 4 saturated carbocycles. The Labute approximate surface area is 170 Å². The van der Waals surface area contributed by atoms with Gasteiger partial charge in [-0.3, -0.25) is 9.59 Å². The number of aliphatic hydroxyl groups excluding tert-OH is 3. The molecular weight excluding hydrogens is 376 g/mol. The lowest BCUT2D eigenvalue weighted by Crippen LogP contribution is -2.75. The molecule has 0 amide bonds. The molecular formula is C22H32O7. The molecule has 3 N–H and O–H groups in total. The molecule has 0 aromatic rings. The van der Waals surface area contributed by atoms with Crippen LogP contribution in [0.25, 0.3) is 0 Å². The summed E-state index contributed by atoms with van der Waals surface area (Å²) in [5, 5.41) is 34.0. The third-order valence-electron chi connectivity index (χ3n) is 9.55. The molecule has 0 aromatic heterocycles. The Balaban J connectivity index is 1.75. The van der Waals surface area contributed by atoms with Crippen LogP contribution in [-0.2, 0) is 19.1 Å². The van der Waals surface area contributed by atoms with E-state index in [1.54, 1.807) is 6.92 Å². The first-order valence-corrected chi connectivity index (χ1v) is 11.0. The van der Waals surface area contributed by atoms with Crippen molar-refractivity contribution in [2.24, 2.45) is 39.9 Å². The highest BCUT2D eigenvalue weighted by Crippen LogP contribution is 2.73. The summed E-state index contributed by atoms with van der Waals surface area (Å²) in [4.78, 5) is 25.6. The van der Waals surface area contributed by atoms with Crippen LogP contribution in [0.4, 0.5) is 0 Å². The minimum absolute atomic E-state index is 0.0661. The number of esters is 1. The summed E-state index contributed by atoms with van der Waals surface area (Å²) >= 11 is 0. The molecule has 7 heteroatoms. The van der Waals surface area contributed by atoms with E-state index in [-0.39, 0.29) is 23.0 Å². The molecule has 4 aliphatic carbocycles. The third kappa shape index (κ3) is 2.13. The lowest BCUT2D eigenvalue weighted by molar-refractivity contribution is -0.357. The number of Topliss-reactive ketones (excluding diaryl/α,β-unsaturated/α-hetero) is 1. The molecule has 3 unspecified atom stereocenters. The fourth-order valence-electron chi connectivity index (χ4n) is 8.57. The minimum atomic E-state index is -1.42. The van der Waals surface area contributed by atoms with Gasteiger partial charge < -0.3 is 24.8 Å². The van der Waals surface area contributed by atoms with Crippen molar-refractivity contribution < 1.29 is 34.4 Å². The quantitative estimate of drug-likeness (QED) is 0.555. The Bertz CT molecular complexity index is 753. The van der Waals surface area contributed by atoms with Gasteiger partial charge in [-0.15, -0.1) is 0 Å². The second-order valence-electron chi connectivity index (χ2n) is 10.6. The number of fused-ring (bicyclic) bond motifs is 1. The average molecular weight is 408 g/mol. The van der Waals surface area contributed by atoms with Crippen molar-refractivity contribution in [1.29, 1.82) is 0 Å². The number of rotatable bonds is 1. The average Bonchev–Trinajstić information content (AvgIpc) is 2.76. The monoisotopic (exact) mass is 408 g/mol. The number of carbonyl (C=O) groups is 2. The summed E-state index contributed by atoms with van der Waals surface area (Å²) < 4.78 is 11.7. The van der Waals surface area contributed by atoms with E-state index in [1.807, 2.05) is 0 Å². The Kier molecular flexibility index (Phi) is 4.14. The van der Waals surface area contributed by atoms with E-state index in [1.165, 1.54) is 6.92 Å². The van der Waals surface area contributed by atoms with Gasteiger partial charge in [0.2, 0.25) is 0 Å². The van der Waals surface area contributed by atoms with E-state index >= 15 is 0 Å². The van der Waals surface area contributed by atoms with Crippen LogP contribution in [0.3, 0.4) is 0 Å². The molecule has 4 bridgehead atoms. The lowest BCUT2D eigenvalue weighted by Gasteiger charge is -2.70. The van der Waals surface area contributed by atoms with Gasteiger partial charge in [0.05, 0.1) is 24.2 Å². The van der Waals surface area contributed by atoms with Crippen LogP contribution in [0, 0.1) is 39.9 Å². The van der Waals surface area contributed by atoms with Crippen molar-refractivity contribution in [3.05, 3.63) is 0 Å². The number of ketones is 1. The van der Waals surface area contributed by atoms with Crippen molar-refractivity contribution in [2.45, 2.75) is 77.5 Å². The Hall–Kier alpha value is -1.02. The van der Waals surface area contributed by atoms with E-state index in [4.69, 9.17) is 9.47 Å². The van der Waals surface area contributed by atoms with Crippen molar-refractivity contribution in [3.63, 3.8) is 0 Å². The largest absolute Gasteiger partial charge is 0.462 e. The maximum absolute atomic E-state index is 13.6.